The quantitative estimate of drug-likeness (QED) is 0.382. The Hall–Kier alpha value is -2.36. The lowest BCUT2D eigenvalue weighted by atomic mass is 9.80. The Balaban J connectivity index is 0.000000311. The molecule has 0 aliphatic rings. The molecule has 0 heterocycles. The van der Waals surface area contributed by atoms with E-state index in [0.717, 1.165) is 41.5 Å². The molecule has 31 heavy (non-hydrogen) atoms. The summed E-state index contributed by atoms with van der Waals surface area (Å²) in [6.07, 6.45) is 5.15. The summed E-state index contributed by atoms with van der Waals surface area (Å²) in [7, 11) is 0. The van der Waals surface area contributed by atoms with Crippen LogP contribution in [0.1, 0.15) is 96.9 Å². The van der Waals surface area contributed by atoms with Gasteiger partial charge in [0.1, 0.15) is 23.0 Å². The molecule has 4 nitrogen and oxygen atoms in total. The van der Waals surface area contributed by atoms with Crippen LogP contribution in [0.15, 0.2) is 24.3 Å². The summed E-state index contributed by atoms with van der Waals surface area (Å²) in [6.45, 7) is 16.4. The van der Waals surface area contributed by atoms with E-state index in [1.165, 1.54) is 25.0 Å². The summed E-state index contributed by atoms with van der Waals surface area (Å²) in [5, 5.41) is 38.9. The van der Waals surface area contributed by atoms with Crippen LogP contribution in [0.4, 0.5) is 0 Å². The van der Waals surface area contributed by atoms with Gasteiger partial charge in [-0.1, -0.05) is 68.2 Å². The molecule has 174 valence electrons. The van der Waals surface area contributed by atoms with E-state index in [2.05, 4.69) is 6.92 Å². The minimum atomic E-state index is -0.127. The molecule has 2 aromatic carbocycles. The molecule has 0 amide bonds. The fraction of sp³-hybridized carbons (Fsp3) is 0.556. The van der Waals surface area contributed by atoms with Gasteiger partial charge in [0.25, 0.3) is 0 Å². The first-order valence-electron chi connectivity index (χ1n) is 11.3. The highest BCUT2D eigenvalue weighted by Crippen LogP contribution is 2.39. The molecule has 0 radical (unpaired) electrons. The molecule has 0 atom stereocenters. The van der Waals surface area contributed by atoms with Gasteiger partial charge in [-0.3, -0.25) is 0 Å². The van der Waals surface area contributed by atoms with Gasteiger partial charge in [-0.2, -0.15) is 0 Å². The third-order valence-electron chi connectivity index (χ3n) is 5.44. The second kappa shape index (κ2) is 10.8. The zero-order chi connectivity index (χ0) is 24.0. The Morgan fingerprint density at radius 1 is 0.581 bits per heavy atom. The van der Waals surface area contributed by atoms with E-state index < -0.39 is 0 Å². The molecule has 0 aromatic heterocycles. The molecule has 0 aliphatic heterocycles. The average molecular weight is 431 g/mol. The fourth-order valence-electron chi connectivity index (χ4n) is 3.50. The van der Waals surface area contributed by atoms with Crippen molar-refractivity contribution >= 4 is 0 Å². The van der Waals surface area contributed by atoms with Crippen LogP contribution in [0.3, 0.4) is 0 Å². The Kier molecular flexibility index (Phi) is 9.28. The van der Waals surface area contributed by atoms with Crippen molar-refractivity contribution in [3.05, 3.63) is 46.5 Å². The van der Waals surface area contributed by atoms with Gasteiger partial charge < -0.3 is 20.4 Å². The number of aryl methyl sites for hydroxylation is 2. The first kappa shape index (κ1) is 26.7. The minimum Gasteiger partial charge on any atom is -0.508 e. The molecule has 0 fully saturated rings. The van der Waals surface area contributed by atoms with Gasteiger partial charge in [-0.15, -0.1) is 0 Å². The molecular weight excluding hydrogens is 388 g/mol. The number of hydrogen-bond donors (Lipinski definition) is 4. The number of phenols is 4. The van der Waals surface area contributed by atoms with Crippen molar-refractivity contribution in [1.29, 1.82) is 0 Å². The SMILES string of the molecule is CC(C)(C)c1cc(C(C)(C)C)c(O)cc1O.CCCCCc1cc(CC)c(O)cc1O. The smallest absolute Gasteiger partial charge is 0.123 e. The highest BCUT2D eigenvalue weighted by Gasteiger charge is 2.25. The number of rotatable bonds is 5. The Morgan fingerprint density at radius 2 is 1.03 bits per heavy atom. The van der Waals surface area contributed by atoms with Crippen LogP contribution in [0.25, 0.3) is 0 Å². The topological polar surface area (TPSA) is 80.9 Å². The molecule has 0 saturated heterocycles. The molecule has 2 rings (SSSR count). The van der Waals surface area contributed by atoms with E-state index in [9.17, 15) is 20.4 Å². The molecule has 0 saturated carbocycles. The van der Waals surface area contributed by atoms with Gasteiger partial charge in [0, 0.05) is 12.1 Å². The summed E-state index contributed by atoms with van der Waals surface area (Å²) >= 11 is 0. The number of phenolic OH excluding ortho intramolecular Hbond substituents is 4. The molecular formula is C27H42O4. The van der Waals surface area contributed by atoms with Crippen molar-refractivity contribution in [2.75, 3.05) is 0 Å². The Morgan fingerprint density at radius 3 is 1.45 bits per heavy atom. The van der Waals surface area contributed by atoms with Crippen LogP contribution >= 0.6 is 0 Å². The number of unbranched alkanes of at least 4 members (excludes halogenated alkanes) is 2. The summed E-state index contributed by atoms with van der Waals surface area (Å²) in [5.74, 6) is 0.756. The average Bonchev–Trinajstić information content (AvgIpc) is 2.62. The largest absolute Gasteiger partial charge is 0.508 e. The summed E-state index contributed by atoms with van der Waals surface area (Å²) in [6, 6.07) is 6.73. The van der Waals surface area contributed by atoms with Crippen molar-refractivity contribution in [1.82, 2.24) is 0 Å². The predicted octanol–water partition coefficient (Wildman–Crippen LogP) is 7.09. The third kappa shape index (κ3) is 7.68. The zero-order valence-corrected chi connectivity index (χ0v) is 20.6. The lowest BCUT2D eigenvalue weighted by Gasteiger charge is -2.26. The lowest BCUT2D eigenvalue weighted by molar-refractivity contribution is 0.418. The van der Waals surface area contributed by atoms with Crippen molar-refractivity contribution < 1.29 is 20.4 Å². The Labute approximate surface area is 188 Å². The van der Waals surface area contributed by atoms with Crippen LogP contribution in [0.2, 0.25) is 0 Å². The van der Waals surface area contributed by atoms with Gasteiger partial charge in [-0.25, -0.2) is 0 Å². The van der Waals surface area contributed by atoms with Gasteiger partial charge in [-0.05, 0) is 64.5 Å². The molecule has 2 aromatic rings. The van der Waals surface area contributed by atoms with E-state index in [1.54, 1.807) is 0 Å². The standard InChI is InChI=1S/C14H22O2.C13H20O2/c1-13(2,3)9-7-10(14(4,5)6)12(16)8-11(9)15;1-3-5-6-7-11-8-10(4-2)12(14)9-13(11)15/h7-8,15-16H,1-6H3;8-9,14-15H,3-7H2,1-2H3. The van der Waals surface area contributed by atoms with E-state index >= 15 is 0 Å². The van der Waals surface area contributed by atoms with E-state index in [-0.39, 0.29) is 33.8 Å². The molecule has 0 unspecified atom stereocenters. The third-order valence-corrected chi connectivity index (χ3v) is 5.44. The predicted molar refractivity (Wildman–Crippen MR) is 130 cm³/mol. The summed E-state index contributed by atoms with van der Waals surface area (Å²) in [5.41, 5.74) is 3.36. The highest BCUT2D eigenvalue weighted by molar-refractivity contribution is 5.50. The molecule has 0 spiro atoms. The number of benzene rings is 2. The van der Waals surface area contributed by atoms with Crippen molar-refractivity contribution in [3.8, 4) is 23.0 Å². The van der Waals surface area contributed by atoms with Crippen LogP contribution in [-0.4, -0.2) is 20.4 Å². The van der Waals surface area contributed by atoms with E-state index in [4.69, 9.17) is 0 Å². The van der Waals surface area contributed by atoms with Crippen LogP contribution in [0.5, 0.6) is 23.0 Å². The normalized spacial score (nSPS) is 11.7. The van der Waals surface area contributed by atoms with E-state index in [0.29, 0.717) is 0 Å². The van der Waals surface area contributed by atoms with Gasteiger partial charge in [0.05, 0.1) is 0 Å². The summed E-state index contributed by atoms with van der Waals surface area (Å²) < 4.78 is 0. The van der Waals surface area contributed by atoms with Crippen molar-refractivity contribution in [3.63, 3.8) is 0 Å². The van der Waals surface area contributed by atoms with Crippen molar-refractivity contribution in [2.24, 2.45) is 0 Å². The second-order valence-electron chi connectivity index (χ2n) is 10.3. The van der Waals surface area contributed by atoms with Crippen molar-refractivity contribution in [2.45, 2.75) is 98.3 Å². The summed E-state index contributed by atoms with van der Waals surface area (Å²) in [4.78, 5) is 0. The van der Waals surface area contributed by atoms with Crippen LogP contribution < -0.4 is 0 Å². The van der Waals surface area contributed by atoms with Crippen LogP contribution in [-0.2, 0) is 23.7 Å². The van der Waals surface area contributed by atoms with Gasteiger partial charge >= 0.3 is 0 Å². The number of hydrogen-bond acceptors (Lipinski definition) is 4. The molecule has 4 heteroatoms. The molecule has 4 N–H and O–H groups in total. The maximum Gasteiger partial charge on any atom is 0.123 e. The Bertz CT molecular complexity index is 820. The fourth-order valence-corrected chi connectivity index (χ4v) is 3.50. The molecule has 0 aliphatic carbocycles. The lowest BCUT2D eigenvalue weighted by Crippen LogP contribution is -2.16. The maximum atomic E-state index is 9.86. The van der Waals surface area contributed by atoms with Gasteiger partial charge in [0.2, 0.25) is 0 Å². The maximum absolute atomic E-state index is 9.86. The minimum absolute atomic E-state index is 0.127. The highest BCUT2D eigenvalue weighted by atomic mass is 16.3. The first-order chi connectivity index (χ1) is 14.2. The second-order valence-corrected chi connectivity index (χ2v) is 10.3. The zero-order valence-electron chi connectivity index (χ0n) is 20.6. The molecule has 0 bridgehead atoms. The van der Waals surface area contributed by atoms with Crippen LogP contribution in [0, 0.1) is 0 Å². The van der Waals surface area contributed by atoms with Gasteiger partial charge in [0.15, 0.2) is 0 Å². The monoisotopic (exact) mass is 430 g/mol. The first-order valence-corrected chi connectivity index (χ1v) is 11.3. The van der Waals surface area contributed by atoms with E-state index in [1.807, 2.05) is 60.6 Å². The number of aromatic hydroxyl groups is 4.